The van der Waals surface area contributed by atoms with Gasteiger partial charge in [-0.2, -0.15) is 0 Å². The van der Waals surface area contributed by atoms with Gasteiger partial charge in [-0.25, -0.2) is 9.97 Å². The van der Waals surface area contributed by atoms with Crippen LogP contribution in [0.5, 0.6) is 0 Å². The summed E-state index contributed by atoms with van der Waals surface area (Å²) < 4.78 is 5.34. The van der Waals surface area contributed by atoms with E-state index in [1.54, 1.807) is 7.11 Å². The van der Waals surface area contributed by atoms with E-state index in [1.165, 1.54) is 18.7 Å². The van der Waals surface area contributed by atoms with Gasteiger partial charge in [0.05, 0.1) is 24.3 Å². The SMILES string of the molecule is COC[C@H]1CCCN1C(=O)[C@@H](C)[C@@H]1CC[C@@]2(C)CC[C@H](NC(=O)c3cncnc3)[C@@H](C)[C@@H]2[C@H]1O. The zero-order valence-electron chi connectivity index (χ0n) is 20.9. The van der Waals surface area contributed by atoms with Gasteiger partial charge in [0.1, 0.15) is 6.33 Å². The lowest BCUT2D eigenvalue weighted by Crippen LogP contribution is -2.58. The quantitative estimate of drug-likeness (QED) is 0.660. The molecule has 0 bridgehead atoms. The number of ether oxygens (including phenoxy) is 1. The van der Waals surface area contributed by atoms with Crippen LogP contribution < -0.4 is 5.32 Å². The van der Waals surface area contributed by atoms with E-state index in [9.17, 15) is 14.7 Å². The number of carbonyl (C=O) groups excluding carboxylic acids is 2. The summed E-state index contributed by atoms with van der Waals surface area (Å²) in [5, 5.41) is 14.8. The second-order valence-corrected chi connectivity index (χ2v) is 11.0. The maximum atomic E-state index is 13.5. The third-order valence-corrected chi connectivity index (χ3v) is 9.08. The highest BCUT2D eigenvalue weighted by Crippen LogP contribution is 2.55. The molecule has 2 N–H and O–H groups in total. The predicted molar refractivity (Wildman–Crippen MR) is 128 cm³/mol. The molecular formula is C26H40N4O4. The smallest absolute Gasteiger partial charge is 0.254 e. The highest BCUT2D eigenvalue weighted by atomic mass is 16.5. The summed E-state index contributed by atoms with van der Waals surface area (Å²) in [5.41, 5.74) is 0.460. The van der Waals surface area contributed by atoms with Crippen molar-refractivity contribution < 1.29 is 19.4 Å². The van der Waals surface area contributed by atoms with Crippen molar-refractivity contribution in [1.29, 1.82) is 0 Å². The van der Waals surface area contributed by atoms with Crippen LogP contribution in [0.1, 0.15) is 69.7 Å². The highest BCUT2D eigenvalue weighted by Gasteiger charge is 2.54. The van der Waals surface area contributed by atoms with E-state index in [2.05, 4.69) is 29.1 Å². The molecule has 0 aromatic carbocycles. The number of aliphatic hydroxyl groups is 1. The molecule has 3 aliphatic rings. The molecule has 2 heterocycles. The largest absolute Gasteiger partial charge is 0.392 e. The van der Waals surface area contributed by atoms with Crippen LogP contribution in [-0.4, -0.2) is 70.2 Å². The first-order chi connectivity index (χ1) is 16.3. The Labute approximate surface area is 202 Å². The molecule has 2 amide bonds. The van der Waals surface area contributed by atoms with E-state index in [0.717, 1.165) is 45.1 Å². The molecule has 1 aromatic rings. The Kier molecular flexibility index (Phi) is 7.57. The monoisotopic (exact) mass is 472 g/mol. The van der Waals surface area contributed by atoms with Crippen molar-refractivity contribution in [2.24, 2.45) is 29.1 Å². The molecule has 8 atom stereocenters. The maximum absolute atomic E-state index is 13.5. The molecule has 8 nitrogen and oxygen atoms in total. The number of methoxy groups -OCH3 is 1. The fraction of sp³-hybridized carbons (Fsp3) is 0.769. The Morgan fingerprint density at radius 2 is 1.97 bits per heavy atom. The summed E-state index contributed by atoms with van der Waals surface area (Å²) in [6, 6.07) is 0.107. The average molecular weight is 473 g/mol. The van der Waals surface area contributed by atoms with Crippen molar-refractivity contribution in [1.82, 2.24) is 20.2 Å². The normalized spacial score (nSPS) is 36.6. The topological polar surface area (TPSA) is 105 Å². The number of nitrogens with zero attached hydrogens (tertiary/aromatic N) is 3. The summed E-state index contributed by atoms with van der Waals surface area (Å²) in [6.45, 7) is 7.75. The molecule has 8 heteroatoms. The fourth-order valence-corrected chi connectivity index (χ4v) is 7.10. The molecule has 1 aliphatic heterocycles. The third kappa shape index (κ3) is 4.71. The Bertz CT molecular complexity index is 868. The molecule has 188 valence electrons. The Morgan fingerprint density at radius 1 is 1.26 bits per heavy atom. The third-order valence-electron chi connectivity index (χ3n) is 9.08. The minimum atomic E-state index is -0.573. The number of hydrogen-bond donors (Lipinski definition) is 2. The van der Waals surface area contributed by atoms with Gasteiger partial charge in [-0.05, 0) is 61.7 Å². The van der Waals surface area contributed by atoms with E-state index >= 15 is 0 Å². The second-order valence-electron chi connectivity index (χ2n) is 11.0. The number of rotatable bonds is 6. The molecule has 34 heavy (non-hydrogen) atoms. The summed E-state index contributed by atoms with van der Waals surface area (Å²) in [7, 11) is 1.68. The number of carbonyl (C=O) groups is 2. The van der Waals surface area contributed by atoms with Crippen molar-refractivity contribution in [2.45, 2.75) is 77.5 Å². The Hall–Kier alpha value is -2.06. The van der Waals surface area contributed by atoms with Crippen LogP contribution in [0.3, 0.4) is 0 Å². The van der Waals surface area contributed by atoms with Crippen molar-refractivity contribution >= 4 is 11.8 Å². The zero-order valence-corrected chi connectivity index (χ0v) is 20.9. The molecule has 1 aromatic heterocycles. The van der Waals surface area contributed by atoms with Crippen LogP contribution in [0, 0.1) is 29.1 Å². The van der Waals surface area contributed by atoms with Crippen molar-refractivity contribution in [3.05, 3.63) is 24.3 Å². The van der Waals surface area contributed by atoms with Gasteiger partial charge in [0, 0.05) is 38.0 Å². The van der Waals surface area contributed by atoms with Gasteiger partial charge < -0.3 is 20.1 Å². The first-order valence-corrected chi connectivity index (χ1v) is 12.8. The summed E-state index contributed by atoms with van der Waals surface area (Å²) in [6.07, 6.45) is 9.55. The molecule has 2 saturated carbocycles. The van der Waals surface area contributed by atoms with Crippen molar-refractivity contribution in [2.75, 3.05) is 20.3 Å². The van der Waals surface area contributed by atoms with Gasteiger partial charge in [-0.15, -0.1) is 0 Å². The molecule has 4 rings (SSSR count). The first kappa shape index (κ1) is 25.0. The first-order valence-electron chi connectivity index (χ1n) is 12.8. The van der Waals surface area contributed by atoms with Crippen LogP contribution in [0.2, 0.25) is 0 Å². The van der Waals surface area contributed by atoms with Crippen LogP contribution in [0.4, 0.5) is 0 Å². The average Bonchev–Trinajstić information content (AvgIpc) is 3.29. The lowest BCUT2D eigenvalue weighted by Gasteiger charge is -2.56. The number of likely N-dealkylation sites (tertiary alicyclic amines) is 1. The van der Waals surface area contributed by atoms with Gasteiger partial charge in [0.15, 0.2) is 0 Å². The van der Waals surface area contributed by atoms with E-state index < -0.39 is 6.10 Å². The van der Waals surface area contributed by atoms with Crippen molar-refractivity contribution in [3.8, 4) is 0 Å². The van der Waals surface area contributed by atoms with Gasteiger partial charge >= 0.3 is 0 Å². The van der Waals surface area contributed by atoms with Gasteiger partial charge in [0.2, 0.25) is 5.91 Å². The molecule has 0 radical (unpaired) electrons. The van der Waals surface area contributed by atoms with Crippen LogP contribution in [0.15, 0.2) is 18.7 Å². The van der Waals surface area contributed by atoms with Crippen LogP contribution in [0.25, 0.3) is 0 Å². The second kappa shape index (κ2) is 10.3. The number of aliphatic hydroxyl groups excluding tert-OH is 1. The molecular weight excluding hydrogens is 432 g/mol. The van der Waals surface area contributed by atoms with E-state index in [0.29, 0.717) is 12.2 Å². The minimum absolute atomic E-state index is 0.0153. The van der Waals surface area contributed by atoms with E-state index in [-0.39, 0.29) is 53.0 Å². The molecule has 2 aliphatic carbocycles. The number of nitrogens with one attached hydrogen (secondary N) is 1. The van der Waals surface area contributed by atoms with Crippen LogP contribution >= 0.6 is 0 Å². The summed E-state index contributed by atoms with van der Waals surface area (Å²) in [4.78, 5) is 36.1. The van der Waals surface area contributed by atoms with E-state index in [4.69, 9.17) is 4.74 Å². The summed E-state index contributed by atoms with van der Waals surface area (Å²) in [5.74, 6) is -0.218. The Morgan fingerprint density at radius 3 is 2.68 bits per heavy atom. The fourth-order valence-electron chi connectivity index (χ4n) is 7.10. The number of fused-ring (bicyclic) bond motifs is 1. The minimum Gasteiger partial charge on any atom is -0.392 e. The molecule has 0 spiro atoms. The predicted octanol–water partition coefficient (Wildman–Crippen LogP) is 2.67. The molecule has 0 unspecified atom stereocenters. The highest BCUT2D eigenvalue weighted by molar-refractivity contribution is 5.93. The lowest BCUT2D eigenvalue weighted by atomic mass is 9.51. The maximum Gasteiger partial charge on any atom is 0.254 e. The zero-order chi connectivity index (χ0) is 24.5. The van der Waals surface area contributed by atoms with Crippen LogP contribution in [-0.2, 0) is 9.53 Å². The lowest BCUT2D eigenvalue weighted by molar-refractivity contribution is -0.151. The van der Waals surface area contributed by atoms with Gasteiger partial charge in [-0.3, -0.25) is 9.59 Å². The standard InChI is InChI=1S/C26H40N4O4/c1-16(25(33)30-11-5-6-19(30)14-34-4)20-7-9-26(3)10-8-21(17(2)22(26)23(20)31)29-24(32)18-12-27-15-28-13-18/h12-13,15-17,19-23,31H,5-11,14H2,1-4H3,(H,29,32)/t16-,17+,19+,20-,21-,22+,23-,26-/m0/s1. The number of hydrogen-bond acceptors (Lipinski definition) is 6. The molecule has 1 saturated heterocycles. The number of amides is 2. The van der Waals surface area contributed by atoms with Gasteiger partial charge in [0.25, 0.3) is 5.91 Å². The Balaban J connectivity index is 1.47. The van der Waals surface area contributed by atoms with Gasteiger partial charge in [-0.1, -0.05) is 20.8 Å². The van der Waals surface area contributed by atoms with E-state index in [1.807, 2.05) is 11.8 Å². The van der Waals surface area contributed by atoms with Crippen molar-refractivity contribution in [3.63, 3.8) is 0 Å². The summed E-state index contributed by atoms with van der Waals surface area (Å²) >= 11 is 0. The molecule has 3 fully saturated rings. The number of aromatic nitrogens is 2.